The molecule has 3 aromatic rings. The van der Waals surface area contributed by atoms with E-state index in [0.29, 0.717) is 28.9 Å². The van der Waals surface area contributed by atoms with E-state index in [0.717, 1.165) is 77.0 Å². The SMILES string of the molecule is CS(=O)(=O)Nc1cc([C@@H](O)CNCCCCCCCCCN2CCC(OC(=O)Nc3ccccc3-c3cc(O)cc(F)c3)CC2)ccc1O. The summed E-state index contributed by atoms with van der Waals surface area (Å²) in [5.74, 6) is -0.946. The lowest BCUT2D eigenvalue weighted by Gasteiger charge is -2.31. The molecule has 0 bridgehead atoms. The molecule has 0 radical (unpaired) electrons. The quantitative estimate of drug-likeness (QED) is 0.0657. The fourth-order valence-corrected chi connectivity index (χ4v) is 6.55. The zero-order valence-corrected chi connectivity index (χ0v) is 28.9. The zero-order chi connectivity index (χ0) is 35.2. The number of benzene rings is 3. The van der Waals surface area contributed by atoms with Crippen LogP contribution in [0, 0.1) is 5.82 Å². The molecule has 3 aromatic carbocycles. The van der Waals surface area contributed by atoms with Gasteiger partial charge in [0.2, 0.25) is 10.0 Å². The number of para-hydroxylation sites is 1. The predicted molar refractivity (Wildman–Crippen MR) is 190 cm³/mol. The third-order valence-corrected chi connectivity index (χ3v) is 9.12. The number of piperidine rings is 1. The lowest BCUT2D eigenvalue weighted by atomic mass is 10.0. The second-order valence-corrected chi connectivity index (χ2v) is 14.4. The van der Waals surface area contributed by atoms with Crippen molar-refractivity contribution >= 4 is 27.5 Å². The smallest absolute Gasteiger partial charge is 0.411 e. The minimum absolute atomic E-state index is 0.0447. The van der Waals surface area contributed by atoms with Crippen LogP contribution in [0.1, 0.15) is 69.5 Å². The molecule has 1 amide bonds. The van der Waals surface area contributed by atoms with E-state index < -0.39 is 28.0 Å². The average molecular weight is 701 g/mol. The molecule has 13 heteroatoms. The number of likely N-dealkylation sites (tertiary alicyclic amines) is 1. The number of aliphatic hydroxyl groups excluding tert-OH is 1. The predicted octanol–water partition coefficient (Wildman–Crippen LogP) is 6.34. The third-order valence-electron chi connectivity index (χ3n) is 8.53. The molecule has 0 aliphatic carbocycles. The fraction of sp³-hybridized carbons (Fsp3) is 0.472. The molecule has 0 unspecified atom stereocenters. The van der Waals surface area contributed by atoms with Gasteiger partial charge in [-0.2, -0.15) is 0 Å². The van der Waals surface area contributed by atoms with Crippen molar-refractivity contribution in [2.75, 3.05) is 49.0 Å². The van der Waals surface area contributed by atoms with Crippen LogP contribution >= 0.6 is 0 Å². The van der Waals surface area contributed by atoms with E-state index in [2.05, 4.69) is 20.3 Å². The molecule has 0 spiro atoms. The summed E-state index contributed by atoms with van der Waals surface area (Å²) in [6.07, 6.45) is 8.96. The largest absolute Gasteiger partial charge is 0.508 e. The molecule has 49 heavy (non-hydrogen) atoms. The summed E-state index contributed by atoms with van der Waals surface area (Å²) < 4.78 is 44.7. The van der Waals surface area contributed by atoms with Gasteiger partial charge in [0.25, 0.3) is 0 Å². The molecule has 1 fully saturated rings. The molecule has 1 saturated heterocycles. The van der Waals surface area contributed by atoms with Crippen LogP contribution in [-0.4, -0.2) is 79.8 Å². The summed E-state index contributed by atoms with van der Waals surface area (Å²) in [5.41, 5.74) is 2.09. The number of phenolic OH excluding ortho intramolecular Hbond substituents is 2. The van der Waals surface area contributed by atoms with Crippen LogP contribution in [0.3, 0.4) is 0 Å². The first-order valence-corrected chi connectivity index (χ1v) is 18.8. The van der Waals surface area contributed by atoms with Gasteiger partial charge in [-0.3, -0.25) is 10.0 Å². The molecule has 11 nitrogen and oxygen atoms in total. The Labute approximate surface area is 288 Å². The van der Waals surface area contributed by atoms with Crippen LogP contribution in [0.4, 0.5) is 20.6 Å². The van der Waals surface area contributed by atoms with Crippen molar-refractivity contribution in [1.29, 1.82) is 0 Å². The molecular formula is C36H49FN4O7S. The molecule has 268 valence electrons. The second kappa shape index (κ2) is 18.7. The van der Waals surface area contributed by atoms with Crippen molar-refractivity contribution in [3.63, 3.8) is 0 Å². The molecule has 0 saturated carbocycles. The van der Waals surface area contributed by atoms with Gasteiger partial charge in [-0.1, -0.05) is 56.4 Å². The third kappa shape index (κ3) is 13.1. The Bertz CT molecular complexity index is 1600. The van der Waals surface area contributed by atoms with Crippen LogP contribution in [0.25, 0.3) is 11.1 Å². The highest BCUT2D eigenvalue weighted by atomic mass is 32.2. The van der Waals surface area contributed by atoms with Crippen LogP contribution in [-0.2, 0) is 14.8 Å². The Kier molecular flexibility index (Phi) is 14.5. The topological polar surface area (TPSA) is 160 Å². The average Bonchev–Trinajstić information content (AvgIpc) is 3.04. The minimum atomic E-state index is -3.54. The van der Waals surface area contributed by atoms with E-state index in [1.165, 1.54) is 43.5 Å². The highest BCUT2D eigenvalue weighted by Gasteiger charge is 2.22. The normalized spacial score (nSPS) is 14.8. The Hall–Kier alpha value is -3.91. The van der Waals surface area contributed by atoms with E-state index in [9.17, 15) is 32.9 Å². The maximum absolute atomic E-state index is 13.8. The first kappa shape index (κ1) is 37.9. The number of phenols is 2. The van der Waals surface area contributed by atoms with Gasteiger partial charge < -0.3 is 30.3 Å². The van der Waals surface area contributed by atoms with Gasteiger partial charge in [0.15, 0.2) is 0 Å². The number of anilines is 2. The number of nitrogens with zero attached hydrogens (tertiary/aromatic N) is 1. The number of carbonyl (C=O) groups is 1. The first-order valence-electron chi connectivity index (χ1n) is 17.0. The monoisotopic (exact) mass is 700 g/mol. The minimum Gasteiger partial charge on any atom is -0.508 e. The fourth-order valence-electron chi connectivity index (χ4n) is 5.98. The van der Waals surface area contributed by atoms with Crippen molar-refractivity contribution < 1.29 is 37.7 Å². The molecular weight excluding hydrogens is 651 g/mol. The number of amides is 1. The summed E-state index contributed by atoms with van der Waals surface area (Å²) in [7, 11) is -3.54. The van der Waals surface area contributed by atoms with Gasteiger partial charge >= 0.3 is 6.09 Å². The summed E-state index contributed by atoms with van der Waals surface area (Å²) >= 11 is 0. The van der Waals surface area contributed by atoms with Gasteiger partial charge in [-0.25, -0.2) is 17.6 Å². The number of aromatic hydroxyl groups is 2. The maximum Gasteiger partial charge on any atom is 0.411 e. The number of halogens is 1. The molecule has 1 aliphatic rings. The van der Waals surface area contributed by atoms with E-state index in [1.54, 1.807) is 30.3 Å². The van der Waals surface area contributed by atoms with Crippen molar-refractivity contribution in [1.82, 2.24) is 10.2 Å². The Morgan fingerprint density at radius 3 is 2.35 bits per heavy atom. The second-order valence-electron chi connectivity index (χ2n) is 12.7. The van der Waals surface area contributed by atoms with Gasteiger partial charge in [-0.15, -0.1) is 0 Å². The molecule has 1 atom stereocenters. The van der Waals surface area contributed by atoms with Crippen LogP contribution < -0.4 is 15.4 Å². The maximum atomic E-state index is 13.8. The van der Waals surface area contributed by atoms with E-state index in [1.807, 2.05) is 0 Å². The highest BCUT2D eigenvalue weighted by molar-refractivity contribution is 7.92. The number of carbonyl (C=O) groups excluding carboxylic acids is 1. The van der Waals surface area contributed by atoms with E-state index >= 15 is 0 Å². The summed E-state index contributed by atoms with van der Waals surface area (Å²) in [4.78, 5) is 15.1. The number of ether oxygens (including phenoxy) is 1. The highest BCUT2D eigenvalue weighted by Crippen LogP contribution is 2.31. The van der Waals surface area contributed by atoms with E-state index in [-0.39, 0.29) is 23.3 Å². The van der Waals surface area contributed by atoms with Crippen LogP contribution in [0.15, 0.2) is 60.7 Å². The number of nitrogens with one attached hydrogen (secondary N) is 3. The van der Waals surface area contributed by atoms with Crippen LogP contribution in [0.2, 0.25) is 0 Å². The lowest BCUT2D eigenvalue weighted by molar-refractivity contribution is 0.0584. The van der Waals surface area contributed by atoms with Gasteiger partial charge in [0.1, 0.15) is 23.4 Å². The number of aliphatic hydroxyl groups is 1. The Balaban J connectivity index is 1.01. The Morgan fingerprint density at radius 2 is 1.63 bits per heavy atom. The van der Waals surface area contributed by atoms with E-state index in [4.69, 9.17) is 4.74 Å². The zero-order valence-electron chi connectivity index (χ0n) is 28.0. The van der Waals surface area contributed by atoms with Gasteiger partial charge in [-0.05, 0) is 80.2 Å². The van der Waals surface area contributed by atoms with Crippen LogP contribution in [0.5, 0.6) is 11.5 Å². The van der Waals surface area contributed by atoms with Crippen molar-refractivity contribution in [2.24, 2.45) is 0 Å². The summed E-state index contributed by atoms with van der Waals surface area (Å²) in [6.45, 7) is 3.90. The molecule has 0 aromatic heterocycles. The summed E-state index contributed by atoms with van der Waals surface area (Å²) in [6, 6.07) is 15.2. The molecule has 1 aliphatic heterocycles. The van der Waals surface area contributed by atoms with Gasteiger partial charge in [0, 0.05) is 31.3 Å². The van der Waals surface area contributed by atoms with Gasteiger partial charge in [0.05, 0.1) is 23.7 Å². The lowest BCUT2D eigenvalue weighted by Crippen LogP contribution is -2.38. The molecule has 4 rings (SSSR count). The number of rotatable bonds is 18. The number of unbranched alkanes of at least 4 members (excludes halogenated alkanes) is 6. The molecule has 1 heterocycles. The Morgan fingerprint density at radius 1 is 0.939 bits per heavy atom. The number of hydrogen-bond acceptors (Lipinski definition) is 9. The number of hydrogen-bond donors (Lipinski definition) is 6. The van der Waals surface area contributed by atoms with Crippen molar-refractivity contribution in [2.45, 2.75) is 70.0 Å². The van der Waals surface area contributed by atoms with Crippen molar-refractivity contribution in [3.05, 3.63) is 72.0 Å². The number of sulfonamides is 1. The summed E-state index contributed by atoms with van der Waals surface area (Å²) in [5, 5.41) is 36.1. The molecule has 6 N–H and O–H groups in total. The standard InChI is InChI=1S/C36H49FN4O7S/c1-49(46,47)40-33-23-26(13-14-34(33)43)35(44)25-38-17-9-5-3-2-4-6-10-18-41-19-15-30(16-20-41)48-36(45)39-32-12-8-7-11-31(32)27-21-28(37)24-29(42)22-27/h7-8,11-14,21-24,30,35,38,40,42-44H,2-6,9-10,15-20,25H2,1H3,(H,39,45)/t35-/m0/s1. The first-order chi connectivity index (χ1) is 23.5. The van der Waals surface area contributed by atoms with Crippen molar-refractivity contribution in [3.8, 4) is 22.6 Å².